The molecule has 0 fully saturated rings. The Morgan fingerprint density at radius 2 is 2.05 bits per heavy atom. The van der Waals surface area contributed by atoms with E-state index >= 15 is 0 Å². The Labute approximate surface area is 125 Å². The molecule has 0 saturated carbocycles. The van der Waals surface area contributed by atoms with Crippen molar-refractivity contribution in [3.8, 4) is 0 Å². The molecule has 0 saturated heterocycles. The van der Waals surface area contributed by atoms with Crippen LogP contribution in [-0.2, 0) is 13.1 Å². The van der Waals surface area contributed by atoms with Gasteiger partial charge in [-0.05, 0) is 19.2 Å². The van der Waals surface area contributed by atoms with Crippen molar-refractivity contribution in [2.75, 3.05) is 18.5 Å². The van der Waals surface area contributed by atoms with Crippen LogP contribution in [0.3, 0.4) is 0 Å². The molecule has 0 amide bonds. The third kappa shape index (κ3) is 2.79. The van der Waals surface area contributed by atoms with Gasteiger partial charge in [-0.1, -0.05) is 0 Å². The van der Waals surface area contributed by atoms with Crippen molar-refractivity contribution >= 4 is 22.9 Å². The highest BCUT2D eigenvalue weighted by atomic mass is 19.1. The summed E-state index contributed by atoms with van der Waals surface area (Å²) in [7, 11) is 1.84. The molecule has 9 heteroatoms. The van der Waals surface area contributed by atoms with Gasteiger partial charge in [0.05, 0.1) is 12.2 Å². The summed E-state index contributed by atoms with van der Waals surface area (Å²) < 4.78 is 13.6. The fourth-order valence-corrected chi connectivity index (χ4v) is 2.16. The maximum absolute atomic E-state index is 13.6. The first-order valence-corrected chi connectivity index (χ1v) is 6.58. The number of nitrogens with zero attached hydrogens (tertiary/aromatic N) is 5. The zero-order valence-electron chi connectivity index (χ0n) is 11.9. The van der Waals surface area contributed by atoms with Crippen molar-refractivity contribution in [1.82, 2.24) is 29.8 Å². The van der Waals surface area contributed by atoms with Crippen LogP contribution in [0, 0.1) is 5.82 Å². The maximum Gasteiger partial charge on any atom is 0.224 e. The van der Waals surface area contributed by atoms with E-state index in [4.69, 9.17) is 11.5 Å². The topological polar surface area (TPSA) is 123 Å². The molecule has 0 bridgehead atoms. The number of nitrogens with one attached hydrogen (secondary N) is 1. The van der Waals surface area contributed by atoms with Crippen molar-refractivity contribution in [1.29, 1.82) is 0 Å². The van der Waals surface area contributed by atoms with Crippen LogP contribution in [0.1, 0.15) is 11.5 Å². The monoisotopic (exact) mass is 302 g/mol. The highest BCUT2D eigenvalue weighted by Gasteiger charge is 2.12. The van der Waals surface area contributed by atoms with E-state index in [1.165, 1.54) is 6.07 Å². The number of nitrogen functional groups attached to an aromatic ring is 2. The summed E-state index contributed by atoms with van der Waals surface area (Å²) in [6.07, 6.45) is 1.56. The standard InChI is InChI=1S/C13H15FN8/c1-22(5-8-7(14)3-2-4-17-8)6-9-18-10-11(15)20-13(16)21-12(10)19-9/h2-4H,5-6H2,1H3,(H5,15,16,18,19,20,21). The van der Waals surface area contributed by atoms with E-state index in [1.807, 2.05) is 11.9 Å². The van der Waals surface area contributed by atoms with Gasteiger partial charge in [0.2, 0.25) is 5.95 Å². The molecule has 0 unspecified atom stereocenters. The molecule has 0 aliphatic heterocycles. The first kappa shape index (κ1) is 14.1. The second-order valence-electron chi connectivity index (χ2n) is 4.95. The number of anilines is 2. The van der Waals surface area contributed by atoms with Crippen LogP contribution in [-0.4, -0.2) is 36.9 Å². The summed E-state index contributed by atoms with van der Waals surface area (Å²) >= 11 is 0. The molecule has 0 atom stereocenters. The van der Waals surface area contributed by atoms with Crippen LogP contribution < -0.4 is 11.5 Å². The molecule has 0 spiro atoms. The lowest BCUT2D eigenvalue weighted by Crippen LogP contribution is -2.19. The van der Waals surface area contributed by atoms with E-state index in [1.54, 1.807) is 12.3 Å². The van der Waals surface area contributed by atoms with E-state index < -0.39 is 0 Å². The van der Waals surface area contributed by atoms with Crippen molar-refractivity contribution in [2.45, 2.75) is 13.1 Å². The number of H-pyrrole nitrogens is 1. The summed E-state index contributed by atoms with van der Waals surface area (Å²) in [5.74, 6) is 0.633. The molecule has 3 aromatic rings. The van der Waals surface area contributed by atoms with Gasteiger partial charge in [0.1, 0.15) is 17.2 Å². The first-order valence-electron chi connectivity index (χ1n) is 6.58. The zero-order valence-corrected chi connectivity index (χ0v) is 11.9. The summed E-state index contributed by atoms with van der Waals surface area (Å²) in [6.45, 7) is 0.804. The number of fused-ring (bicyclic) bond motifs is 1. The minimum absolute atomic E-state index is 0.0759. The molecule has 0 aliphatic rings. The summed E-state index contributed by atoms with van der Waals surface area (Å²) in [5.41, 5.74) is 12.6. The number of aromatic nitrogens is 5. The Hall–Kier alpha value is -2.81. The summed E-state index contributed by atoms with van der Waals surface area (Å²) in [6, 6.07) is 2.94. The summed E-state index contributed by atoms with van der Waals surface area (Å²) in [5, 5.41) is 0. The van der Waals surface area contributed by atoms with Crippen molar-refractivity contribution in [2.24, 2.45) is 0 Å². The molecule has 114 valence electrons. The molecule has 3 heterocycles. The number of rotatable bonds is 4. The van der Waals surface area contributed by atoms with E-state index in [-0.39, 0.29) is 17.6 Å². The lowest BCUT2D eigenvalue weighted by molar-refractivity contribution is 0.302. The number of aromatic amines is 1. The molecule has 8 nitrogen and oxygen atoms in total. The molecule has 0 radical (unpaired) electrons. The molecule has 3 aromatic heterocycles. The molecule has 22 heavy (non-hydrogen) atoms. The number of imidazole rings is 1. The van der Waals surface area contributed by atoms with Gasteiger partial charge in [-0.2, -0.15) is 9.97 Å². The van der Waals surface area contributed by atoms with E-state index in [2.05, 4.69) is 24.9 Å². The Morgan fingerprint density at radius 1 is 1.23 bits per heavy atom. The van der Waals surface area contributed by atoms with Crippen molar-refractivity contribution in [3.63, 3.8) is 0 Å². The van der Waals surface area contributed by atoms with Crippen LogP contribution >= 0.6 is 0 Å². The SMILES string of the molecule is CN(Cc1nc2nc(N)nc(N)c2[nH]1)Cc1ncccc1F. The van der Waals surface area contributed by atoms with Crippen molar-refractivity contribution in [3.05, 3.63) is 35.7 Å². The van der Waals surface area contributed by atoms with E-state index in [9.17, 15) is 4.39 Å². The molecule has 0 aromatic carbocycles. The smallest absolute Gasteiger partial charge is 0.224 e. The fraction of sp³-hybridized carbons (Fsp3) is 0.231. The number of nitrogens with two attached hydrogens (primary N) is 2. The van der Waals surface area contributed by atoms with E-state index in [0.717, 1.165) is 0 Å². The van der Waals surface area contributed by atoms with Gasteiger partial charge in [0.15, 0.2) is 11.5 Å². The minimum atomic E-state index is -0.332. The number of halogens is 1. The quantitative estimate of drug-likeness (QED) is 0.647. The summed E-state index contributed by atoms with van der Waals surface area (Å²) in [4.78, 5) is 21.1. The molecule has 5 N–H and O–H groups in total. The third-order valence-electron chi connectivity index (χ3n) is 3.12. The second kappa shape index (κ2) is 5.53. The lowest BCUT2D eigenvalue weighted by Gasteiger charge is -2.14. The van der Waals surface area contributed by atoms with Gasteiger partial charge >= 0.3 is 0 Å². The van der Waals surface area contributed by atoms with Crippen LogP contribution in [0.15, 0.2) is 18.3 Å². The minimum Gasteiger partial charge on any atom is -0.382 e. The number of hydrogen-bond donors (Lipinski definition) is 3. The molecular weight excluding hydrogens is 287 g/mol. The lowest BCUT2D eigenvalue weighted by atomic mass is 10.3. The molecule has 3 rings (SSSR count). The average Bonchev–Trinajstić information content (AvgIpc) is 2.84. The Kier molecular flexibility index (Phi) is 3.55. The molecule has 0 aliphatic carbocycles. The highest BCUT2D eigenvalue weighted by Crippen LogP contribution is 2.17. The van der Waals surface area contributed by atoms with Gasteiger partial charge < -0.3 is 16.5 Å². The number of pyridine rings is 1. The largest absolute Gasteiger partial charge is 0.382 e. The van der Waals surface area contributed by atoms with Gasteiger partial charge in [0.25, 0.3) is 0 Å². The van der Waals surface area contributed by atoms with Gasteiger partial charge in [-0.15, -0.1) is 0 Å². The van der Waals surface area contributed by atoms with Crippen LogP contribution in [0.4, 0.5) is 16.2 Å². The van der Waals surface area contributed by atoms with Gasteiger partial charge in [-0.25, -0.2) is 9.37 Å². The predicted molar refractivity (Wildman–Crippen MR) is 79.9 cm³/mol. The van der Waals surface area contributed by atoms with E-state index in [0.29, 0.717) is 35.8 Å². The second-order valence-corrected chi connectivity index (χ2v) is 4.95. The number of hydrogen-bond acceptors (Lipinski definition) is 7. The van der Waals surface area contributed by atoms with Gasteiger partial charge in [0, 0.05) is 12.7 Å². The predicted octanol–water partition coefficient (Wildman–Crippen LogP) is 0.683. The normalized spacial score (nSPS) is 11.4. The van der Waals surface area contributed by atoms with Crippen molar-refractivity contribution < 1.29 is 4.39 Å². The van der Waals surface area contributed by atoms with Crippen LogP contribution in [0.5, 0.6) is 0 Å². The third-order valence-corrected chi connectivity index (χ3v) is 3.12. The first-order chi connectivity index (χ1) is 10.5. The fourth-order valence-electron chi connectivity index (χ4n) is 2.16. The maximum atomic E-state index is 13.6. The molecular formula is C13H15FN8. The Morgan fingerprint density at radius 3 is 2.82 bits per heavy atom. The van der Waals surface area contributed by atoms with Crippen LogP contribution in [0.2, 0.25) is 0 Å². The Bertz CT molecular complexity index is 815. The Balaban J connectivity index is 1.78. The zero-order chi connectivity index (χ0) is 15.7. The highest BCUT2D eigenvalue weighted by molar-refractivity contribution is 5.82. The van der Waals surface area contributed by atoms with Crippen LogP contribution in [0.25, 0.3) is 11.2 Å². The average molecular weight is 302 g/mol. The van der Waals surface area contributed by atoms with Gasteiger partial charge in [-0.3, -0.25) is 9.88 Å².